The molecule has 0 bridgehead atoms. The molecule has 0 aliphatic rings. The fourth-order valence-corrected chi connectivity index (χ4v) is 8.71. The summed E-state index contributed by atoms with van der Waals surface area (Å²) in [5, 5.41) is 11.7. The van der Waals surface area contributed by atoms with Gasteiger partial charge in [-0.2, -0.15) is 0 Å². The highest BCUT2D eigenvalue weighted by Crippen LogP contribution is 2.18. The molecule has 0 saturated heterocycles. The zero-order valence-corrected chi connectivity index (χ0v) is 45.8. The maximum atomic E-state index is 12.8. The summed E-state index contributed by atoms with van der Waals surface area (Å²) in [5.74, 6) is -2.27. The number of quaternary nitrogens is 1. The van der Waals surface area contributed by atoms with Crippen molar-refractivity contribution in [2.45, 2.75) is 302 Å². The topological polar surface area (TPSA) is 111 Å². The number of carboxylic acid groups (broad SMARTS) is 1. The van der Waals surface area contributed by atoms with E-state index in [1.165, 1.54) is 205 Å². The largest absolute Gasteiger partial charge is 0.545 e. The number of hydrogen-bond donors (Lipinski definition) is 0. The Bertz CT molecular complexity index is 1120. The van der Waals surface area contributed by atoms with Gasteiger partial charge in [-0.05, 0) is 38.5 Å². The van der Waals surface area contributed by atoms with Gasteiger partial charge in [0.05, 0.1) is 40.3 Å². The van der Waals surface area contributed by atoms with E-state index in [2.05, 4.69) is 26.0 Å². The first-order valence-corrected chi connectivity index (χ1v) is 29.3. The Hall–Kier alpha value is -1.97. The molecule has 0 aliphatic heterocycles. The Balaban J connectivity index is 4.07. The summed E-state index contributed by atoms with van der Waals surface area (Å²) in [7, 11) is 5.92. The van der Waals surface area contributed by atoms with Crippen LogP contribution in [-0.4, -0.2) is 82.3 Å². The van der Waals surface area contributed by atoms with Crippen LogP contribution in [0.3, 0.4) is 0 Å². The lowest BCUT2D eigenvalue weighted by molar-refractivity contribution is -0.870. The molecule has 0 saturated carbocycles. The van der Waals surface area contributed by atoms with Crippen LogP contribution in [-0.2, 0) is 33.3 Å². The van der Waals surface area contributed by atoms with E-state index in [-0.39, 0.29) is 32.2 Å². The van der Waals surface area contributed by atoms with Crippen LogP contribution in [0, 0.1) is 0 Å². The van der Waals surface area contributed by atoms with Crippen molar-refractivity contribution in [3.63, 3.8) is 0 Å². The number of carbonyl (C=O) groups excluding carboxylic acids is 3. The lowest BCUT2D eigenvalue weighted by Crippen LogP contribution is -2.44. The van der Waals surface area contributed by atoms with Gasteiger partial charge >= 0.3 is 11.9 Å². The zero-order chi connectivity index (χ0) is 49.9. The highest BCUT2D eigenvalue weighted by molar-refractivity contribution is 5.70. The van der Waals surface area contributed by atoms with Gasteiger partial charge in [0.25, 0.3) is 0 Å². The molecule has 0 heterocycles. The summed E-state index contributed by atoms with van der Waals surface area (Å²) in [5.41, 5.74) is 0. The molecule has 0 spiro atoms. The summed E-state index contributed by atoms with van der Waals surface area (Å²) >= 11 is 0. The van der Waals surface area contributed by atoms with E-state index in [1.54, 1.807) is 0 Å². The minimum absolute atomic E-state index is 0.149. The monoisotopic (exact) mass is 964 g/mol. The number of unbranched alkanes of at least 4 members (excludes halogenated alkanes) is 38. The molecule has 0 fully saturated rings. The molecule has 0 aromatic heterocycles. The molecule has 0 amide bonds. The molecule has 402 valence electrons. The van der Waals surface area contributed by atoms with Gasteiger partial charge in [-0.15, -0.1) is 0 Å². The molecule has 0 aromatic carbocycles. The van der Waals surface area contributed by atoms with Gasteiger partial charge in [-0.25, -0.2) is 0 Å². The molecule has 0 aromatic rings. The van der Waals surface area contributed by atoms with Gasteiger partial charge in [0.2, 0.25) is 0 Å². The first kappa shape index (κ1) is 66.0. The van der Waals surface area contributed by atoms with E-state index in [0.717, 1.165) is 51.4 Å². The van der Waals surface area contributed by atoms with Crippen molar-refractivity contribution in [3.8, 4) is 0 Å². The Morgan fingerprint density at radius 1 is 0.426 bits per heavy atom. The van der Waals surface area contributed by atoms with Gasteiger partial charge in [0.1, 0.15) is 13.2 Å². The molecule has 0 N–H and O–H groups in total. The molecule has 0 rings (SSSR count). The maximum Gasteiger partial charge on any atom is 0.306 e. The number of ether oxygens (including phenoxy) is 4. The van der Waals surface area contributed by atoms with Crippen LogP contribution < -0.4 is 5.11 Å². The number of hydrogen-bond acceptors (Lipinski definition) is 8. The van der Waals surface area contributed by atoms with Gasteiger partial charge in [0.15, 0.2) is 12.4 Å². The molecule has 9 heteroatoms. The lowest BCUT2D eigenvalue weighted by atomic mass is 10.0. The number of nitrogens with zero attached hydrogens (tertiary/aromatic N) is 1. The molecule has 2 atom stereocenters. The number of carboxylic acids is 1. The standard InChI is InChI=1S/C59H113NO8/c1-6-8-10-12-14-16-18-20-22-23-24-25-26-27-28-29-30-31-32-33-34-35-36-38-39-41-43-45-47-49-56(61)66-53-55(54-67-59(58(63)64)65-52-51-60(3,4)5)68-57(62)50-48-46-44-42-40-37-21-19-17-15-13-11-9-7-2/h19,21,55,59H,6-18,20,22-54H2,1-5H3/b21-19-. The molecule has 2 unspecified atom stereocenters. The molecule has 0 aliphatic carbocycles. The normalized spacial score (nSPS) is 12.8. The first-order chi connectivity index (χ1) is 33.1. The quantitative estimate of drug-likeness (QED) is 0.0195. The summed E-state index contributed by atoms with van der Waals surface area (Å²) in [4.78, 5) is 37.2. The van der Waals surface area contributed by atoms with E-state index >= 15 is 0 Å². The second kappa shape index (κ2) is 51.4. The fourth-order valence-electron chi connectivity index (χ4n) is 8.71. The van der Waals surface area contributed by atoms with Crippen molar-refractivity contribution in [1.29, 1.82) is 0 Å². The van der Waals surface area contributed by atoms with Gasteiger partial charge < -0.3 is 33.3 Å². The van der Waals surface area contributed by atoms with Crippen LogP contribution in [0.2, 0.25) is 0 Å². The van der Waals surface area contributed by atoms with E-state index in [9.17, 15) is 19.5 Å². The van der Waals surface area contributed by atoms with Crippen LogP contribution in [0.15, 0.2) is 12.2 Å². The van der Waals surface area contributed by atoms with E-state index < -0.39 is 24.3 Å². The molecular weight excluding hydrogens is 851 g/mol. The Morgan fingerprint density at radius 3 is 1.09 bits per heavy atom. The van der Waals surface area contributed by atoms with Gasteiger partial charge in [-0.1, -0.05) is 251 Å². The maximum absolute atomic E-state index is 12.8. The summed E-state index contributed by atoms with van der Waals surface area (Å²) in [6.45, 7) is 4.77. The summed E-state index contributed by atoms with van der Waals surface area (Å²) < 4.78 is 22.7. The van der Waals surface area contributed by atoms with Crippen LogP contribution >= 0.6 is 0 Å². The first-order valence-electron chi connectivity index (χ1n) is 29.3. The van der Waals surface area contributed by atoms with E-state index in [0.29, 0.717) is 23.9 Å². The lowest BCUT2D eigenvalue weighted by Gasteiger charge is -2.26. The fraction of sp³-hybridized carbons (Fsp3) is 0.915. The van der Waals surface area contributed by atoms with E-state index in [4.69, 9.17) is 18.9 Å². The number of likely N-dealkylation sites (N-methyl/N-ethyl adjacent to an activating group) is 1. The minimum atomic E-state index is -1.62. The van der Waals surface area contributed by atoms with Crippen molar-refractivity contribution in [1.82, 2.24) is 0 Å². The van der Waals surface area contributed by atoms with Crippen LogP contribution in [0.1, 0.15) is 290 Å². The SMILES string of the molecule is CCCCCCC/C=C\CCCCCCCC(=O)OC(COC(=O)CCCCCCCCCCCCCCCCCCCCCCCCCCCCCCC)COC(OCC[N+](C)(C)C)C(=O)[O-]. The van der Waals surface area contributed by atoms with Crippen molar-refractivity contribution >= 4 is 17.9 Å². The number of esters is 2. The average molecular weight is 965 g/mol. The van der Waals surface area contributed by atoms with Crippen molar-refractivity contribution in [2.75, 3.05) is 47.5 Å². The van der Waals surface area contributed by atoms with Crippen LogP contribution in [0.4, 0.5) is 0 Å². The minimum Gasteiger partial charge on any atom is -0.545 e. The number of aliphatic carboxylic acids is 1. The smallest absolute Gasteiger partial charge is 0.306 e. The predicted molar refractivity (Wildman–Crippen MR) is 283 cm³/mol. The van der Waals surface area contributed by atoms with Crippen molar-refractivity contribution < 1.29 is 42.9 Å². The zero-order valence-electron chi connectivity index (χ0n) is 45.8. The van der Waals surface area contributed by atoms with Crippen LogP contribution in [0.5, 0.6) is 0 Å². The Labute approximate surface area is 421 Å². The third kappa shape index (κ3) is 51.9. The number of carbonyl (C=O) groups is 3. The van der Waals surface area contributed by atoms with E-state index in [1.807, 2.05) is 21.1 Å². The second-order valence-electron chi connectivity index (χ2n) is 21.3. The summed E-state index contributed by atoms with van der Waals surface area (Å²) in [6.07, 6.45) is 55.6. The van der Waals surface area contributed by atoms with Crippen molar-refractivity contribution in [3.05, 3.63) is 12.2 Å². The Morgan fingerprint density at radius 2 is 0.750 bits per heavy atom. The number of allylic oxidation sites excluding steroid dienone is 2. The van der Waals surface area contributed by atoms with Gasteiger partial charge in [-0.3, -0.25) is 9.59 Å². The summed E-state index contributed by atoms with van der Waals surface area (Å²) in [6, 6.07) is 0. The highest BCUT2D eigenvalue weighted by Gasteiger charge is 2.22. The average Bonchev–Trinajstić information content (AvgIpc) is 3.30. The van der Waals surface area contributed by atoms with Crippen molar-refractivity contribution in [2.24, 2.45) is 0 Å². The molecule has 68 heavy (non-hydrogen) atoms. The molecule has 0 radical (unpaired) electrons. The Kier molecular flexibility index (Phi) is 49.9. The van der Waals surface area contributed by atoms with Gasteiger partial charge in [0, 0.05) is 12.8 Å². The third-order valence-electron chi connectivity index (χ3n) is 13.3. The molecule has 9 nitrogen and oxygen atoms in total. The second-order valence-corrected chi connectivity index (χ2v) is 21.3. The predicted octanol–water partition coefficient (Wildman–Crippen LogP) is 15.6. The third-order valence-corrected chi connectivity index (χ3v) is 13.3. The van der Waals surface area contributed by atoms with Crippen LogP contribution in [0.25, 0.3) is 0 Å². The number of rotatable bonds is 55. The molecular formula is C59H113NO8. The highest BCUT2D eigenvalue weighted by atomic mass is 16.7.